The smallest absolute Gasteiger partial charge is 0.0957 e. The molecule has 2 bridgehead atoms. The Labute approximate surface area is 105 Å². The maximum atomic E-state index is 2.02. The minimum Gasteiger partial charge on any atom is -0.332 e. The minimum absolute atomic E-state index is 1.07. The van der Waals surface area contributed by atoms with Gasteiger partial charge in [-0.05, 0) is 32.1 Å². The van der Waals surface area contributed by atoms with Crippen molar-refractivity contribution in [2.24, 2.45) is 11.8 Å². The van der Waals surface area contributed by atoms with Crippen molar-refractivity contribution in [1.29, 1.82) is 0 Å². The molecule has 4 heterocycles. The molecule has 0 spiro atoms. The molecule has 4 saturated heterocycles. The van der Waals surface area contributed by atoms with Crippen LogP contribution in [0.1, 0.15) is 44.9 Å². The molecular formula is C15H28N2+2. The highest BCUT2D eigenvalue weighted by atomic mass is 15.3. The third-order valence-corrected chi connectivity index (χ3v) is 6.37. The fourth-order valence-corrected chi connectivity index (χ4v) is 5.70. The Hall–Kier alpha value is -0.0800. The predicted octanol–water partition coefficient (Wildman–Crippen LogP) is -0.489. The number of fused-ring (bicyclic) bond motifs is 6. The summed E-state index contributed by atoms with van der Waals surface area (Å²) < 4.78 is 0. The van der Waals surface area contributed by atoms with E-state index in [1.54, 1.807) is 19.3 Å². The monoisotopic (exact) mass is 236 g/mol. The van der Waals surface area contributed by atoms with Gasteiger partial charge in [0.1, 0.15) is 0 Å². The maximum absolute atomic E-state index is 2.02. The molecule has 2 N–H and O–H groups in total. The van der Waals surface area contributed by atoms with E-state index in [-0.39, 0.29) is 0 Å². The topological polar surface area (TPSA) is 8.88 Å². The number of rotatable bonds is 0. The summed E-state index contributed by atoms with van der Waals surface area (Å²) in [5.41, 5.74) is 0. The largest absolute Gasteiger partial charge is 0.332 e. The summed E-state index contributed by atoms with van der Waals surface area (Å²) in [5, 5.41) is 0. The summed E-state index contributed by atoms with van der Waals surface area (Å²) in [6.45, 7) is 6.07. The Morgan fingerprint density at radius 3 is 1.71 bits per heavy atom. The molecule has 96 valence electrons. The molecule has 6 atom stereocenters. The van der Waals surface area contributed by atoms with Crippen molar-refractivity contribution >= 4 is 0 Å². The Balaban J connectivity index is 1.56. The van der Waals surface area contributed by atoms with E-state index in [0.29, 0.717) is 0 Å². The van der Waals surface area contributed by atoms with Crippen LogP contribution in [-0.4, -0.2) is 38.3 Å². The van der Waals surface area contributed by atoms with Crippen LogP contribution < -0.4 is 9.80 Å². The van der Waals surface area contributed by atoms with Gasteiger partial charge in [0.25, 0.3) is 0 Å². The molecule has 0 aromatic heterocycles. The summed E-state index contributed by atoms with van der Waals surface area (Å²) >= 11 is 0. The molecule has 0 radical (unpaired) electrons. The van der Waals surface area contributed by atoms with E-state index < -0.39 is 0 Å². The second-order valence-corrected chi connectivity index (χ2v) is 7.19. The summed E-state index contributed by atoms with van der Waals surface area (Å²) in [5.74, 6) is 2.18. The zero-order valence-corrected chi connectivity index (χ0v) is 11.1. The molecule has 4 aliphatic heterocycles. The highest BCUT2D eigenvalue weighted by molar-refractivity contribution is 4.86. The minimum atomic E-state index is 1.07. The molecule has 2 unspecified atom stereocenters. The molecule has 4 rings (SSSR count). The van der Waals surface area contributed by atoms with Crippen LogP contribution in [0.4, 0.5) is 0 Å². The lowest BCUT2D eigenvalue weighted by molar-refractivity contribution is -0.993. The third kappa shape index (κ3) is 1.76. The standard InChI is InChI=1S/C15H26N2/c1-3-7-16-11-13-9-12(14(16)5-1)10-17-8-4-2-6-15(13)17/h12-15H,1-11H2/p+2/t12-,13-,14-,15-/m1/s1. The average Bonchev–Trinajstić information content (AvgIpc) is 2.39. The lowest BCUT2D eigenvalue weighted by Crippen LogP contribution is -3.26. The van der Waals surface area contributed by atoms with Crippen LogP contribution in [0.25, 0.3) is 0 Å². The van der Waals surface area contributed by atoms with Crippen LogP contribution in [0, 0.1) is 11.8 Å². The SMILES string of the molecule is C1CC[NH+]2C[C@H]3C[C@H](C[NH+]4CCCC[C@H]34)[C@H]2C1. The molecule has 17 heavy (non-hydrogen) atoms. The number of hydrogen-bond acceptors (Lipinski definition) is 0. The summed E-state index contributed by atoms with van der Waals surface area (Å²) in [7, 11) is 0. The van der Waals surface area contributed by atoms with Crippen LogP contribution in [0.15, 0.2) is 0 Å². The molecule has 4 fully saturated rings. The molecule has 4 aliphatic rings. The van der Waals surface area contributed by atoms with Gasteiger partial charge in [0.2, 0.25) is 0 Å². The number of hydrogen-bond donors (Lipinski definition) is 2. The number of quaternary nitrogens is 2. The van der Waals surface area contributed by atoms with E-state index in [4.69, 9.17) is 0 Å². The average molecular weight is 236 g/mol. The first-order valence-corrected chi connectivity index (χ1v) is 8.11. The van der Waals surface area contributed by atoms with Gasteiger partial charge in [0.05, 0.1) is 50.1 Å². The van der Waals surface area contributed by atoms with Crippen molar-refractivity contribution in [2.45, 2.75) is 57.0 Å². The number of nitrogens with one attached hydrogen (secondary N) is 2. The summed E-state index contributed by atoms with van der Waals surface area (Å²) in [6.07, 6.45) is 10.7. The molecular weight excluding hydrogens is 208 g/mol. The van der Waals surface area contributed by atoms with Gasteiger partial charge in [-0.2, -0.15) is 0 Å². The molecule has 0 aromatic rings. The van der Waals surface area contributed by atoms with Gasteiger partial charge in [0.15, 0.2) is 0 Å². The van der Waals surface area contributed by atoms with Crippen molar-refractivity contribution in [3.8, 4) is 0 Å². The second-order valence-electron chi connectivity index (χ2n) is 7.19. The van der Waals surface area contributed by atoms with E-state index in [2.05, 4.69) is 0 Å². The van der Waals surface area contributed by atoms with E-state index in [0.717, 1.165) is 23.9 Å². The molecule has 2 nitrogen and oxygen atoms in total. The van der Waals surface area contributed by atoms with Gasteiger partial charge in [0, 0.05) is 12.8 Å². The van der Waals surface area contributed by atoms with Crippen molar-refractivity contribution in [1.82, 2.24) is 0 Å². The van der Waals surface area contributed by atoms with Crippen LogP contribution in [0.2, 0.25) is 0 Å². The highest BCUT2D eigenvalue weighted by Crippen LogP contribution is 2.29. The fourth-order valence-electron chi connectivity index (χ4n) is 5.70. The maximum Gasteiger partial charge on any atom is 0.0957 e. The van der Waals surface area contributed by atoms with Crippen LogP contribution in [0.3, 0.4) is 0 Å². The Kier molecular flexibility index (Phi) is 2.69. The first-order valence-electron chi connectivity index (χ1n) is 8.11. The van der Waals surface area contributed by atoms with E-state index in [9.17, 15) is 0 Å². The predicted molar refractivity (Wildman–Crippen MR) is 68.3 cm³/mol. The van der Waals surface area contributed by atoms with Crippen molar-refractivity contribution in [2.75, 3.05) is 26.2 Å². The normalized spacial score (nSPS) is 53.6. The quantitative estimate of drug-likeness (QED) is 0.562. The van der Waals surface area contributed by atoms with Gasteiger partial charge >= 0.3 is 0 Å². The highest BCUT2D eigenvalue weighted by Gasteiger charge is 2.51. The van der Waals surface area contributed by atoms with Gasteiger partial charge in [-0.15, -0.1) is 0 Å². The van der Waals surface area contributed by atoms with E-state index >= 15 is 0 Å². The first kappa shape index (κ1) is 10.8. The Bertz CT molecular complexity index is 263. The molecule has 0 aliphatic carbocycles. The van der Waals surface area contributed by atoms with E-state index in [1.165, 1.54) is 51.9 Å². The summed E-state index contributed by atoms with van der Waals surface area (Å²) in [6, 6.07) is 2.13. The van der Waals surface area contributed by atoms with Crippen LogP contribution in [-0.2, 0) is 0 Å². The molecule has 0 saturated carbocycles. The second kappa shape index (κ2) is 4.24. The first-order chi connectivity index (χ1) is 8.42. The Morgan fingerprint density at radius 2 is 1.18 bits per heavy atom. The molecule has 0 aromatic carbocycles. The lowest BCUT2D eigenvalue weighted by atomic mass is 9.71. The zero-order chi connectivity index (χ0) is 11.2. The van der Waals surface area contributed by atoms with Gasteiger partial charge < -0.3 is 9.80 Å². The molecule has 2 heteroatoms. The van der Waals surface area contributed by atoms with Gasteiger partial charge in [-0.3, -0.25) is 0 Å². The van der Waals surface area contributed by atoms with E-state index in [1.807, 2.05) is 9.80 Å². The lowest BCUT2D eigenvalue weighted by Gasteiger charge is -2.52. The van der Waals surface area contributed by atoms with Gasteiger partial charge in [-0.25, -0.2) is 0 Å². The third-order valence-electron chi connectivity index (χ3n) is 6.37. The van der Waals surface area contributed by atoms with Crippen molar-refractivity contribution in [3.05, 3.63) is 0 Å². The molecule has 0 amide bonds. The number of piperidine rings is 4. The summed E-state index contributed by atoms with van der Waals surface area (Å²) in [4.78, 5) is 4.03. The van der Waals surface area contributed by atoms with Gasteiger partial charge in [-0.1, -0.05) is 0 Å². The van der Waals surface area contributed by atoms with Crippen molar-refractivity contribution < 1.29 is 9.80 Å². The Morgan fingerprint density at radius 1 is 0.647 bits per heavy atom. The zero-order valence-electron chi connectivity index (χ0n) is 11.1. The van der Waals surface area contributed by atoms with Crippen molar-refractivity contribution in [3.63, 3.8) is 0 Å². The van der Waals surface area contributed by atoms with Crippen LogP contribution >= 0.6 is 0 Å². The van der Waals surface area contributed by atoms with Crippen LogP contribution in [0.5, 0.6) is 0 Å². The fraction of sp³-hybridized carbons (Fsp3) is 1.00.